The fourth-order valence-electron chi connectivity index (χ4n) is 3.39. The average molecular weight is 284 g/mol. The third kappa shape index (κ3) is 2.86. The van der Waals surface area contributed by atoms with Gasteiger partial charge >= 0.3 is 0 Å². The van der Waals surface area contributed by atoms with E-state index in [1.54, 1.807) is 0 Å². The highest BCUT2D eigenvalue weighted by molar-refractivity contribution is 5.29. The highest BCUT2D eigenvalue weighted by Gasteiger charge is 2.31. The largest absolute Gasteiger partial charge is 0.336 e. The minimum absolute atomic E-state index is 0.298. The normalized spacial score (nSPS) is 19.2. The summed E-state index contributed by atoms with van der Waals surface area (Å²) in [7, 11) is 2.07. The van der Waals surface area contributed by atoms with Crippen molar-refractivity contribution in [3.05, 3.63) is 47.8 Å². The summed E-state index contributed by atoms with van der Waals surface area (Å²) in [5, 5.41) is 3.72. The van der Waals surface area contributed by atoms with Gasteiger partial charge in [0.15, 0.2) is 0 Å². The Morgan fingerprint density at radius 3 is 3.14 bits per heavy atom. The van der Waals surface area contributed by atoms with Gasteiger partial charge < -0.3 is 9.88 Å². The molecular weight excluding hydrogens is 260 g/mol. The predicted octanol–water partition coefficient (Wildman–Crippen LogP) is 2.98. The number of aromatic nitrogens is 3. The monoisotopic (exact) mass is 284 g/mol. The molecule has 2 atom stereocenters. The van der Waals surface area contributed by atoms with E-state index in [4.69, 9.17) is 4.98 Å². The van der Waals surface area contributed by atoms with Gasteiger partial charge in [0.05, 0.1) is 18.1 Å². The molecule has 2 aromatic heterocycles. The van der Waals surface area contributed by atoms with Gasteiger partial charge in [0.1, 0.15) is 0 Å². The Labute approximate surface area is 126 Å². The van der Waals surface area contributed by atoms with Crippen molar-refractivity contribution in [2.45, 2.75) is 44.6 Å². The molecule has 2 heterocycles. The second kappa shape index (κ2) is 6.39. The number of pyridine rings is 1. The summed E-state index contributed by atoms with van der Waals surface area (Å²) in [6.07, 6.45) is 10.5. The van der Waals surface area contributed by atoms with E-state index in [0.29, 0.717) is 12.0 Å². The fraction of sp³-hybridized carbons (Fsp3) is 0.529. The molecule has 4 nitrogen and oxygen atoms in total. The molecule has 0 radical (unpaired) electrons. The molecule has 0 aromatic carbocycles. The molecule has 3 rings (SSSR count). The van der Waals surface area contributed by atoms with Gasteiger partial charge in [-0.2, -0.15) is 0 Å². The first-order valence-corrected chi connectivity index (χ1v) is 7.94. The highest BCUT2D eigenvalue weighted by Crippen LogP contribution is 2.38. The number of aryl methyl sites for hydroxylation is 2. The molecule has 0 aliphatic heterocycles. The van der Waals surface area contributed by atoms with Crippen molar-refractivity contribution in [1.82, 2.24) is 19.9 Å². The van der Waals surface area contributed by atoms with E-state index in [1.807, 2.05) is 18.7 Å². The van der Waals surface area contributed by atoms with Gasteiger partial charge in [-0.05, 0) is 43.9 Å². The summed E-state index contributed by atoms with van der Waals surface area (Å²) >= 11 is 0. The van der Waals surface area contributed by atoms with E-state index >= 15 is 0 Å². The standard InChI is InChI=1S/C17H24N4/c1-3-9-19-17(15-11-18-12-21(15)2)14-8-4-6-13-7-5-10-20-16(13)14/h5,7,10-12,14,17,19H,3-4,6,8-9H2,1-2H3. The van der Waals surface area contributed by atoms with Crippen molar-refractivity contribution in [3.8, 4) is 0 Å². The molecule has 1 aliphatic rings. The van der Waals surface area contributed by atoms with Crippen LogP contribution in [0.3, 0.4) is 0 Å². The predicted molar refractivity (Wildman–Crippen MR) is 84.2 cm³/mol. The first-order valence-electron chi connectivity index (χ1n) is 7.94. The lowest BCUT2D eigenvalue weighted by atomic mass is 9.81. The molecule has 1 aliphatic carbocycles. The summed E-state index contributed by atoms with van der Waals surface area (Å²) in [5.41, 5.74) is 3.95. The van der Waals surface area contributed by atoms with Gasteiger partial charge in [0.25, 0.3) is 0 Å². The Hall–Kier alpha value is -1.68. The van der Waals surface area contributed by atoms with Crippen molar-refractivity contribution < 1.29 is 0 Å². The van der Waals surface area contributed by atoms with Crippen LogP contribution in [-0.2, 0) is 13.5 Å². The molecule has 0 spiro atoms. The molecule has 4 heteroatoms. The second-order valence-corrected chi connectivity index (χ2v) is 5.91. The van der Waals surface area contributed by atoms with Crippen molar-refractivity contribution in [2.75, 3.05) is 6.54 Å². The number of fused-ring (bicyclic) bond motifs is 1. The van der Waals surface area contributed by atoms with E-state index in [-0.39, 0.29) is 0 Å². The van der Waals surface area contributed by atoms with Gasteiger partial charge in [0, 0.05) is 31.1 Å². The SMILES string of the molecule is CCCNC(c1cncn1C)C1CCCc2cccnc21. The fourth-order valence-corrected chi connectivity index (χ4v) is 3.39. The van der Waals surface area contributed by atoms with Crippen molar-refractivity contribution in [3.63, 3.8) is 0 Å². The Bertz CT molecular complexity index is 590. The molecule has 2 aromatic rings. The first-order chi connectivity index (χ1) is 10.3. The third-order valence-corrected chi connectivity index (χ3v) is 4.43. The zero-order valence-electron chi connectivity index (χ0n) is 12.9. The zero-order chi connectivity index (χ0) is 14.7. The molecule has 0 bridgehead atoms. The minimum Gasteiger partial charge on any atom is -0.336 e. The number of hydrogen-bond donors (Lipinski definition) is 1. The van der Waals surface area contributed by atoms with Crippen LogP contribution in [0.1, 0.15) is 55.1 Å². The summed E-state index contributed by atoms with van der Waals surface area (Å²) in [4.78, 5) is 9.00. The molecule has 0 amide bonds. The molecule has 112 valence electrons. The maximum absolute atomic E-state index is 4.70. The van der Waals surface area contributed by atoms with Gasteiger partial charge in [-0.1, -0.05) is 13.0 Å². The summed E-state index contributed by atoms with van der Waals surface area (Å²) in [5.74, 6) is 0.442. The summed E-state index contributed by atoms with van der Waals surface area (Å²) in [6, 6.07) is 4.58. The van der Waals surface area contributed by atoms with Crippen LogP contribution in [0.25, 0.3) is 0 Å². The highest BCUT2D eigenvalue weighted by atomic mass is 15.1. The number of nitrogens with one attached hydrogen (secondary N) is 1. The molecule has 21 heavy (non-hydrogen) atoms. The number of nitrogens with zero attached hydrogens (tertiary/aromatic N) is 3. The Kier molecular flexibility index (Phi) is 4.34. The molecule has 1 N–H and O–H groups in total. The van der Waals surface area contributed by atoms with E-state index in [9.17, 15) is 0 Å². The van der Waals surface area contributed by atoms with Crippen LogP contribution < -0.4 is 5.32 Å². The topological polar surface area (TPSA) is 42.7 Å². The van der Waals surface area contributed by atoms with Crippen LogP contribution in [0.2, 0.25) is 0 Å². The lowest BCUT2D eigenvalue weighted by Crippen LogP contribution is -2.31. The second-order valence-electron chi connectivity index (χ2n) is 5.91. The van der Waals surface area contributed by atoms with Crippen LogP contribution in [0.15, 0.2) is 30.9 Å². The van der Waals surface area contributed by atoms with E-state index < -0.39 is 0 Å². The molecular formula is C17H24N4. The molecule has 0 saturated heterocycles. The molecule has 2 unspecified atom stereocenters. The van der Waals surface area contributed by atoms with Gasteiger partial charge in [-0.3, -0.25) is 4.98 Å². The average Bonchev–Trinajstić information content (AvgIpc) is 2.94. The van der Waals surface area contributed by atoms with Crippen LogP contribution in [0.5, 0.6) is 0 Å². The third-order valence-electron chi connectivity index (χ3n) is 4.43. The lowest BCUT2D eigenvalue weighted by Gasteiger charge is -2.32. The molecule has 0 fully saturated rings. The van der Waals surface area contributed by atoms with Gasteiger partial charge in [-0.15, -0.1) is 0 Å². The molecule has 0 saturated carbocycles. The van der Waals surface area contributed by atoms with E-state index in [2.05, 4.69) is 41.0 Å². The maximum atomic E-state index is 4.70. The van der Waals surface area contributed by atoms with E-state index in [0.717, 1.165) is 19.4 Å². The smallest absolute Gasteiger partial charge is 0.0946 e. The van der Waals surface area contributed by atoms with E-state index in [1.165, 1.54) is 29.8 Å². The number of rotatable bonds is 5. The Balaban J connectivity index is 1.96. The van der Waals surface area contributed by atoms with Gasteiger partial charge in [-0.25, -0.2) is 4.98 Å². The van der Waals surface area contributed by atoms with Crippen LogP contribution >= 0.6 is 0 Å². The zero-order valence-corrected chi connectivity index (χ0v) is 12.9. The lowest BCUT2D eigenvalue weighted by molar-refractivity contribution is 0.381. The summed E-state index contributed by atoms with van der Waals surface area (Å²) in [6.45, 7) is 3.23. The van der Waals surface area contributed by atoms with Crippen LogP contribution in [-0.4, -0.2) is 21.1 Å². The van der Waals surface area contributed by atoms with Gasteiger partial charge in [0.2, 0.25) is 0 Å². The number of imidazole rings is 1. The van der Waals surface area contributed by atoms with Crippen molar-refractivity contribution in [1.29, 1.82) is 0 Å². The minimum atomic E-state index is 0.298. The number of hydrogen-bond acceptors (Lipinski definition) is 3. The van der Waals surface area contributed by atoms with Crippen molar-refractivity contribution in [2.24, 2.45) is 7.05 Å². The summed E-state index contributed by atoms with van der Waals surface area (Å²) < 4.78 is 2.13. The first kappa shape index (κ1) is 14.3. The van der Waals surface area contributed by atoms with Crippen molar-refractivity contribution >= 4 is 0 Å². The Morgan fingerprint density at radius 1 is 1.48 bits per heavy atom. The maximum Gasteiger partial charge on any atom is 0.0946 e. The van der Waals surface area contributed by atoms with Crippen LogP contribution in [0.4, 0.5) is 0 Å². The Morgan fingerprint density at radius 2 is 2.38 bits per heavy atom. The van der Waals surface area contributed by atoms with Crippen LogP contribution in [0, 0.1) is 0 Å². The quantitative estimate of drug-likeness (QED) is 0.918.